The summed E-state index contributed by atoms with van der Waals surface area (Å²) in [5, 5.41) is 5.61. The van der Waals surface area contributed by atoms with Crippen LogP contribution in [-0.2, 0) is 90.1 Å². The van der Waals surface area contributed by atoms with E-state index in [1.165, 1.54) is 0 Å². The first-order valence-electron chi connectivity index (χ1n) is 28.7. The molecule has 2 amide bonds. The van der Waals surface area contributed by atoms with E-state index in [1.54, 1.807) is 172 Å². The van der Waals surface area contributed by atoms with Crippen LogP contribution in [0.2, 0.25) is 0 Å². The third-order valence-corrected chi connectivity index (χ3v) is 18.3. The number of nitrogen functional groups attached to an aromatic ring is 2. The van der Waals surface area contributed by atoms with E-state index >= 15 is 0 Å². The molecule has 0 aromatic heterocycles. The molecule has 6 aromatic carbocycles. The molecule has 0 heterocycles. The molecule has 24 nitrogen and oxygen atoms in total. The predicted molar refractivity (Wildman–Crippen MR) is 351 cm³/mol. The van der Waals surface area contributed by atoms with Gasteiger partial charge >= 0.3 is 114 Å². The van der Waals surface area contributed by atoms with Crippen molar-refractivity contribution in [2.24, 2.45) is 0 Å². The summed E-state index contributed by atoms with van der Waals surface area (Å²) in [5.74, 6) is 0.683. The number of benzene rings is 6. The number of nitrogens with one attached hydrogen (secondary N) is 2. The van der Waals surface area contributed by atoms with Gasteiger partial charge in [0.2, 0.25) is 0 Å². The zero-order valence-corrected chi connectivity index (χ0v) is 60.5. The summed E-state index contributed by atoms with van der Waals surface area (Å²) in [6.45, 7) is 18.1. The Morgan fingerprint density at radius 1 is 0.490 bits per heavy atom. The van der Waals surface area contributed by atoms with Crippen LogP contribution in [0.25, 0.3) is 0 Å². The molecule has 35 heteroatoms. The normalized spacial score (nSPS) is 12.0. The van der Waals surface area contributed by atoms with Crippen LogP contribution in [0.4, 0.5) is 58.7 Å². The van der Waals surface area contributed by atoms with Gasteiger partial charge in [-0.1, -0.05) is 97.1 Å². The Labute approximate surface area is 584 Å². The first kappa shape index (κ1) is 85.2. The van der Waals surface area contributed by atoms with Crippen LogP contribution in [0.1, 0.15) is 112 Å². The molecule has 0 spiro atoms. The average Bonchev–Trinajstić information content (AvgIpc) is 0.848. The van der Waals surface area contributed by atoms with Gasteiger partial charge in [-0.2, -0.15) is 9.78 Å². The molecule has 6 N–H and O–H groups in total. The number of hydrogen-bond acceptors (Lipinski definition) is 22. The summed E-state index contributed by atoms with van der Waals surface area (Å²) in [5.41, 5.74) is 2.85. The molecule has 0 saturated heterocycles. The van der Waals surface area contributed by atoms with Gasteiger partial charge in [-0.25, -0.2) is 29.1 Å². The fourth-order valence-corrected chi connectivity index (χ4v) is 11.5. The van der Waals surface area contributed by atoms with Crippen LogP contribution in [0.15, 0.2) is 146 Å². The van der Waals surface area contributed by atoms with Crippen molar-refractivity contribution in [2.75, 3.05) is 40.7 Å². The average molecular weight is 1580 g/mol. The standard InChI is InChI=1S/C35H44N2O9.C25H28N2O5.CH2Cl2.2CHF3O3S.Sn/c1-33(2,3)43-31(39)36-27-17-16-25(29(22-27)37-32(40)44-34(4,5)6)20-21-41-45-28-18-14-24(15-19-28)23-42-46-35(7,8)30(38)26-12-10-9-11-13-26;1-25(2,24(28)20-6-4-3-5-7-20)32-30-17-18-8-12-22(13-9-18)31-29-15-14-19-10-11-21(26)16-23(19)27;2-1-3;2*2-1(3,4)8(5,6)7;/h9-19,22H,20-21,23H2,1-8H3,(H,36,39)(H,37,40);3-13,16H,14-15,17,26-27H2,1-2H3;1H2;2*(H,5,6,7);/q;;;;;+2/p-2. The quantitative estimate of drug-likeness (QED) is 0.00408. The molecule has 0 atom stereocenters. The Morgan fingerprint density at radius 2 is 0.867 bits per heavy atom. The van der Waals surface area contributed by atoms with E-state index in [0.29, 0.717) is 64.8 Å². The molecule has 0 unspecified atom stereocenters. The summed E-state index contributed by atoms with van der Waals surface area (Å²) in [7, 11) is -12.3. The van der Waals surface area contributed by atoms with E-state index in [-0.39, 0.29) is 36.7 Å². The number of carbonyl (C=O) groups excluding carboxylic acids is 4. The van der Waals surface area contributed by atoms with Crippen LogP contribution in [0, 0.1) is 0 Å². The molecule has 0 saturated carbocycles. The van der Waals surface area contributed by atoms with Crippen LogP contribution in [-0.4, -0.2) is 115 Å². The maximum atomic E-state index is 12.7. The predicted octanol–water partition coefficient (Wildman–Crippen LogP) is 14.2. The van der Waals surface area contributed by atoms with Gasteiger partial charge in [-0.15, -0.1) is 23.2 Å². The second kappa shape index (κ2) is 39.1. The number of Topliss-reactive ketones (excluding diaryl/α,β-unsaturated/α-hetero) is 2. The topological polar surface area (TPSA) is 323 Å². The molecule has 2 radical (unpaired) electrons. The van der Waals surface area contributed by atoms with E-state index in [9.17, 15) is 62.4 Å². The first-order chi connectivity index (χ1) is 45.5. The zero-order valence-electron chi connectivity index (χ0n) is 54.5. The number of anilines is 4. The van der Waals surface area contributed by atoms with Gasteiger partial charge in [0.15, 0.2) is 34.3 Å². The summed E-state index contributed by atoms with van der Waals surface area (Å²) in [6, 6.07) is 42.5. The molecule has 0 bridgehead atoms. The van der Waals surface area contributed by atoms with E-state index in [4.69, 9.17) is 83.2 Å². The number of halogens is 8. The Balaban J connectivity index is 0.000000414. The molecule has 0 fully saturated rings. The fourth-order valence-electron chi connectivity index (χ4n) is 7.11. The monoisotopic (exact) mass is 1570 g/mol. The fraction of sp³-hybridized carbons (Fsp3) is 0.365. The van der Waals surface area contributed by atoms with E-state index in [1.807, 2.05) is 42.5 Å². The van der Waals surface area contributed by atoms with Crippen LogP contribution in [0.3, 0.4) is 0 Å². The molecule has 0 aliphatic heterocycles. The van der Waals surface area contributed by atoms with Gasteiger partial charge in [0.05, 0.1) is 18.6 Å². The van der Waals surface area contributed by atoms with E-state index < -0.39 is 87.8 Å². The van der Waals surface area contributed by atoms with Gasteiger partial charge in [-0.3, -0.25) is 20.2 Å². The summed E-state index contributed by atoms with van der Waals surface area (Å²) < 4.78 is 127. The number of hydrogen-bond donors (Lipinski definition) is 4. The van der Waals surface area contributed by atoms with Crippen molar-refractivity contribution in [2.45, 2.75) is 129 Å². The van der Waals surface area contributed by atoms with Gasteiger partial charge in [0, 0.05) is 46.7 Å². The Hall–Kier alpha value is -7.06. The number of nitrogens with two attached hydrogens (primary N) is 2. The molecule has 98 heavy (non-hydrogen) atoms. The summed E-state index contributed by atoms with van der Waals surface area (Å²) >= 11 is 5.66. The molecule has 538 valence electrons. The van der Waals surface area contributed by atoms with E-state index in [2.05, 4.69) is 15.7 Å². The van der Waals surface area contributed by atoms with Crippen molar-refractivity contribution in [1.82, 2.24) is 0 Å². The molecule has 6 rings (SSSR count). The minimum atomic E-state index is -6.15. The van der Waals surface area contributed by atoms with Crippen LogP contribution in [0.5, 0.6) is 11.5 Å². The second-order valence-corrected chi connectivity index (χ2v) is 30.1. The maximum absolute atomic E-state index is 12.7. The molecule has 0 aliphatic carbocycles. The molecular weight excluding hydrogens is 1500 g/mol. The summed E-state index contributed by atoms with van der Waals surface area (Å²) in [4.78, 5) is 93.0. The first-order valence-corrected chi connectivity index (χ1v) is 34.9. The van der Waals surface area contributed by atoms with Gasteiger partial charge in [-0.05, 0) is 140 Å². The van der Waals surface area contributed by atoms with Crippen molar-refractivity contribution in [3.8, 4) is 11.5 Å². The second-order valence-electron chi connectivity index (χ2n) is 22.9. The summed E-state index contributed by atoms with van der Waals surface area (Å²) in [6.07, 6.45) is -0.278. The number of ketones is 2. The Kier molecular flexibility index (Phi) is 34.0. The minimum absolute atomic E-state index is 0.124. The van der Waals surface area contributed by atoms with Crippen molar-refractivity contribution >= 4 is 112 Å². The van der Waals surface area contributed by atoms with E-state index in [0.717, 1.165) is 22.3 Å². The molecule has 6 aromatic rings. The number of ether oxygens (including phenoxy) is 2. The van der Waals surface area contributed by atoms with Crippen LogP contribution < -0.4 is 31.9 Å². The number of carbonyl (C=O) groups is 4. The number of amides is 2. The molecular formula is C63H74Cl2F6N4O20S2Sn. The third-order valence-electron chi connectivity index (χ3n) is 11.6. The van der Waals surface area contributed by atoms with Crippen molar-refractivity contribution in [1.29, 1.82) is 0 Å². The van der Waals surface area contributed by atoms with Gasteiger partial charge in [0.1, 0.15) is 24.4 Å². The van der Waals surface area contributed by atoms with Crippen molar-refractivity contribution < 1.29 is 116 Å². The number of rotatable bonds is 28. The third kappa shape index (κ3) is 31.9. The Bertz CT molecular complexity index is 3680. The van der Waals surface area contributed by atoms with Crippen LogP contribution >= 0.6 is 23.2 Å². The van der Waals surface area contributed by atoms with Crippen molar-refractivity contribution in [3.05, 3.63) is 179 Å². The zero-order chi connectivity index (χ0) is 73.8. The van der Waals surface area contributed by atoms with Crippen molar-refractivity contribution in [3.63, 3.8) is 0 Å². The van der Waals surface area contributed by atoms with Gasteiger partial charge < -0.3 is 30.7 Å². The Morgan fingerprint density at radius 3 is 1.24 bits per heavy atom. The van der Waals surface area contributed by atoms with Gasteiger partial charge in [0.25, 0.3) is 0 Å². The SMILES string of the molecule is CC(C)(C)OC(=O)Nc1ccc(CCOOc2ccc(COOC(C)(C)C(=O)c3ccccc3)cc2)c(NC(=O)OC(C)(C)C)c1.CC(C)(OOCc1ccc(OOCCc2ccc(N)cc2N)cc1)C(=O)c1ccccc1.ClCCl.O=S(=O)([O][Sn][O]S(=O)(=O)C(F)(F)F)C(F)(F)F. The number of alkyl halides is 8. The molecule has 0 aliphatic rings.